The number of benzene rings is 4. The van der Waals surface area contributed by atoms with Gasteiger partial charge in [0, 0.05) is 64.1 Å². The van der Waals surface area contributed by atoms with E-state index in [1.54, 1.807) is 24.3 Å². The van der Waals surface area contributed by atoms with Crippen LogP contribution in [0.2, 0.25) is 10.0 Å². The van der Waals surface area contributed by atoms with Crippen molar-refractivity contribution < 1.29 is 4.52 Å². The zero-order valence-corrected chi connectivity index (χ0v) is 24.7. The maximum Gasteiger partial charge on any atom is 0.233 e. The molecular weight excluding hydrogens is 583 g/mol. The third-order valence-corrected chi connectivity index (χ3v) is 6.96. The van der Waals surface area contributed by atoms with Crippen molar-refractivity contribution in [3.8, 4) is 22.6 Å². The maximum absolute atomic E-state index is 6.04. The van der Waals surface area contributed by atoms with Gasteiger partial charge in [0.25, 0.3) is 0 Å². The molecule has 4 aromatic carbocycles. The number of rotatable bonds is 9. The number of halogens is 2. The first-order valence-electron chi connectivity index (χ1n) is 13.3. The summed E-state index contributed by atoms with van der Waals surface area (Å²) < 4.78 is 5.63. The second-order valence-electron chi connectivity index (χ2n) is 9.79. The van der Waals surface area contributed by atoms with Gasteiger partial charge in [0.15, 0.2) is 5.76 Å². The zero-order valence-electron chi connectivity index (χ0n) is 23.2. The van der Waals surface area contributed by atoms with Crippen LogP contribution in [0.25, 0.3) is 22.6 Å². The van der Waals surface area contributed by atoms with E-state index in [0.717, 1.165) is 39.6 Å². The molecule has 0 aliphatic carbocycles. The number of anilines is 7. The number of aromatic nitrogens is 4. The highest BCUT2D eigenvalue weighted by atomic mass is 35.5. The lowest BCUT2D eigenvalue weighted by Crippen LogP contribution is -2.07. The first-order valence-corrected chi connectivity index (χ1v) is 14.1. The van der Waals surface area contributed by atoms with Crippen LogP contribution >= 0.6 is 23.2 Å². The fraction of sp³-hybridized carbons (Fsp3) is 0.0625. The Bertz CT molecular complexity index is 1760. The Hall–Kier alpha value is -5.12. The van der Waals surface area contributed by atoms with E-state index in [2.05, 4.69) is 41.0 Å². The van der Waals surface area contributed by atoms with Crippen LogP contribution in [0.4, 0.5) is 40.6 Å². The molecule has 6 aromatic rings. The van der Waals surface area contributed by atoms with Gasteiger partial charge in [-0.1, -0.05) is 40.5 Å². The van der Waals surface area contributed by atoms with E-state index in [1.807, 2.05) is 93.0 Å². The Labute approximate surface area is 258 Å². The van der Waals surface area contributed by atoms with Crippen LogP contribution in [0.1, 0.15) is 0 Å². The second kappa shape index (κ2) is 12.4. The zero-order chi connectivity index (χ0) is 29.8. The molecule has 11 heteroatoms. The predicted octanol–water partition coefficient (Wildman–Crippen LogP) is 8.80. The second-order valence-corrected chi connectivity index (χ2v) is 10.7. The summed E-state index contributed by atoms with van der Waals surface area (Å²) in [4.78, 5) is 15.7. The standard InChI is InChI=1S/C32H26Cl2N8O/c1-42(2)27-17-5-21(6-18-27)29-19-28(41-43-29)20-3-11-24(12-4-20)35-30-38-31(36-25-13-7-22(33)8-14-25)40-32(39-30)37-26-15-9-23(34)10-16-26/h3-19H,1-2H3,(H3,35,36,37,38,39,40). The van der Waals surface area contributed by atoms with E-state index >= 15 is 0 Å². The molecule has 214 valence electrons. The van der Waals surface area contributed by atoms with E-state index in [9.17, 15) is 0 Å². The third kappa shape index (κ3) is 7.03. The third-order valence-electron chi connectivity index (χ3n) is 6.45. The fourth-order valence-electron chi connectivity index (χ4n) is 4.19. The van der Waals surface area contributed by atoms with Gasteiger partial charge in [-0.05, 0) is 84.9 Å². The Morgan fingerprint density at radius 3 is 1.42 bits per heavy atom. The van der Waals surface area contributed by atoms with Crippen molar-refractivity contribution in [2.24, 2.45) is 0 Å². The molecule has 43 heavy (non-hydrogen) atoms. The molecule has 0 radical (unpaired) electrons. The van der Waals surface area contributed by atoms with Gasteiger partial charge in [-0.25, -0.2) is 0 Å². The summed E-state index contributed by atoms with van der Waals surface area (Å²) in [6.45, 7) is 0. The summed E-state index contributed by atoms with van der Waals surface area (Å²) in [5, 5.41) is 15.2. The molecule has 0 atom stereocenters. The van der Waals surface area contributed by atoms with Crippen molar-refractivity contribution >= 4 is 63.8 Å². The Balaban J connectivity index is 1.21. The summed E-state index contributed by atoms with van der Waals surface area (Å²) in [5.74, 6) is 1.75. The summed E-state index contributed by atoms with van der Waals surface area (Å²) in [7, 11) is 4.02. The summed E-state index contributed by atoms with van der Waals surface area (Å²) in [6, 6.07) is 32.4. The van der Waals surface area contributed by atoms with E-state index in [0.29, 0.717) is 33.7 Å². The molecule has 0 amide bonds. The lowest BCUT2D eigenvalue weighted by atomic mass is 10.1. The molecule has 0 bridgehead atoms. The van der Waals surface area contributed by atoms with E-state index in [4.69, 9.17) is 27.7 Å². The minimum Gasteiger partial charge on any atom is -0.378 e. The van der Waals surface area contributed by atoms with Crippen LogP contribution in [0, 0.1) is 0 Å². The molecule has 0 spiro atoms. The predicted molar refractivity (Wildman–Crippen MR) is 174 cm³/mol. The van der Waals surface area contributed by atoms with Gasteiger partial charge in [0.1, 0.15) is 5.69 Å². The molecule has 0 fully saturated rings. The molecule has 0 aliphatic heterocycles. The number of hydrogen-bond acceptors (Lipinski definition) is 9. The molecule has 0 unspecified atom stereocenters. The highest BCUT2D eigenvalue weighted by Crippen LogP contribution is 2.29. The summed E-state index contributed by atoms with van der Waals surface area (Å²) in [5.41, 5.74) is 6.08. The topological polar surface area (TPSA) is 104 Å². The van der Waals surface area contributed by atoms with Gasteiger partial charge in [0.05, 0.1) is 0 Å². The highest BCUT2D eigenvalue weighted by Gasteiger charge is 2.11. The molecule has 3 N–H and O–H groups in total. The molecule has 0 aliphatic rings. The maximum atomic E-state index is 6.04. The molecule has 6 rings (SSSR count). The molecule has 2 aromatic heterocycles. The lowest BCUT2D eigenvalue weighted by Gasteiger charge is -2.12. The normalized spacial score (nSPS) is 10.8. The quantitative estimate of drug-likeness (QED) is 0.148. The minimum absolute atomic E-state index is 0.348. The van der Waals surface area contributed by atoms with Gasteiger partial charge in [-0.15, -0.1) is 0 Å². The Morgan fingerprint density at radius 1 is 0.558 bits per heavy atom. The minimum atomic E-state index is 0.348. The molecule has 2 heterocycles. The van der Waals surface area contributed by atoms with Gasteiger partial charge in [-0.2, -0.15) is 15.0 Å². The molecule has 9 nitrogen and oxygen atoms in total. The van der Waals surface area contributed by atoms with Crippen molar-refractivity contribution in [1.29, 1.82) is 0 Å². The van der Waals surface area contributed by atoms with Crippen LogP contribution in [0.15, 0.2) is 108 Å². The molecule has 0 saturated heterocycles. The van der Waals surface area contributed by atoms with E-state index in [1.165, 1.54) is 0 Å². The monoisotopic (exact) mass is 608 g/mol. The fourth-order valence-corrected chi connectivity index (χ4v) is 4.44. The average Bonchev–Trinajstić information content (AvgIpc) is 3.50. The highest BCUT2D eigenvalue weighted by molar-refractivity contribution is 6.30. The van der Waals surface area contributed by atoms with Crippen molar-refractivity contribution in [2.45, 2.75) is 0 Å². The lowest BCUT2D eigenvalue weighted by molar-refractivity contribution is 0.435. The Morgan fingerprint density at radius 2 is 0.977 bits per heavy atom. The van der Waals surface area contributed by atoms with Crippen LogP contribution in [0.5, 0.6) is 0 Å². The van der Waals surface area contributed by atoms with Crippen LogP contribution in [-0.4, -0.2) is 34.2 Å². The number of nitrogens with one attached hydrogen (secondary N) is 3. The van der Waals surface area contributed by atoms with Gasteiger partial charge >= 0.3 is 0 Å². The number of hydrogen-bond donors (Lipinski definition) is 3. The average molecular weight is 610 g/mol. The summed E-state index contributed by atoms with van der Waals surface area (Å²) in [6.07, 6.45) is 0. The van der Waals surface area contributed by atoms with Crippen LogP contribution < -0.4 is 20.9 Å². The van der Waals surface area contributed by atoms with Gasteiger partial charge in [-0.3, -0.25) is 0 Å². The van der Waals surface area contributed by atoms with Crippen LogP contribution in [-0.2, 0) is 0 Å². The van der Waals surface area contributed by atoms with E-state index < -0.39 is 0 Å². The molecule has 0 saturated carbocycles. The van der Waals surface area contributed by atoms with Crippen molar-refractivity contribution in [3.05, 3.63) is 113 Å². The number of nitrogens with zero attached hydrogens (tertiary/aromatic N) is 5. The largest absolute Gasteiger partial charge is 0.378 e. The van der Waals surface area contributed by atoms with Crippen molar-refractivity contribution in [3.63, 3.8) is 0 Å². The van der Waals surface area contributed by atoms with Crippen LogP contribution in [0.3, 0.4) is 0 Å². The summed E-state index contributed by atoms with van der Waals surface area (Å²) >= 11 is 12.1. The van der Waals surface area contributed by atoms with Gasteiger partial charge < -0.3 is 25.4 Å². The Kier molecular flexibility index (Phi) is 8.08. The first kappa shape index (κ1) is 28.0. The smallest absolute Gasteiger partial charge is 0.233 e. The first-order chi connectivity index (χ1) is 20.9. The SMILES string of the molecule is CN(C)c1ccc(-c2cc(-c3ccc(Nc4nc(Nc5ccc(Cl)cc5)nc(Nc5ccc(Cl)cc5)n4)cc3)no2)cc1. The van der Waals surface area contributed by atoms with Crippen molar-refractivity contribution in [2.75, 3.05) is 34.9 Å². The van der Waals surface area contributed by atoms with Crippen molar-refractivity contribution in [1.82, 2.24) is 20.1 Å². The molecular formula is C32H26Cl2N8O. The van der Waals surface area contributed by atoms with Gasteiger partial charge in [0.2, 0.25) is 17.8 Å². The van der Waals surface area contributed by atoms with E-state index in [-0.39, 0.29) is 0 Å².